The number of aromatic nitrogens is 2. The maximum atomic E-state index is 5.56. The van der Waals surface area contributed by atoms with Crippen LogP contribution in [0, 0.1) is 0 Å². The highest BCUT2D eigenvalue weighted by Gasteiger charge is 2.23. The number of rotatable bonds is 7. The quantitative estimate of drug-likeness (QED) is 0.579. The Hall–Kier alpha value is -3.06. The molecule has 3 aromatic rings. The third-order valence-corrected chi connectivity index (χ3v) is 6.76. The minimum Gasteiger partial charge on any atom is -0.493 e. The molecule has 5 rings (SSSR count). The van der Waals surface area contributed by atoms with Crippen LogP contribution in [0.25, 0.3) is 10.9 Å². The Morgan fingerprint density at radius 1 is 0.909 bits per heavy atom. The van der Waals surface area contributed by atoms with Crippen LogP contribution in [0.4, 0.5) is 11.8 Å². The molecule has 2 saturated heterocycles. The Kier molecular flexibility index (Phi) is 6.48. The molecule has 0 amide bonds. The first-order chi connectivity index (χ1) is 16.2. The van der Waals surface area contributed by atoms with Gasteiger partial charge in [-0.15, -0.1) is 0 Å². The number of nitrogens with one attached hydrogen (secondary N) is 1. The summed E-state index contributed by atoms with van der Waals surface area (Å²) >= 11 is 0. The van der Waals surface area contributed by atoms with Gasteiger partial charge in [-0.1, -0.05) is 30.3 Å². The van der Waals surface area contributed by atoms with E-state index in [-0.39, 0.29) is 0 Å². The second-order valence-corrected chi connectivity index (χ2v) is 8.97. The van der Waals surface area contributed by atoms with Crippen LogP contribution in [-0.4, -0.2) is 61.3 Å². The first-order valence-corrected chi connectivity index (χ1v) is 11.9. The molecular formula is C26H33N5O2. The van der Waals surface area contributed by atoms with Gasteiger partial charge in [0, 0.05) is 50.2 Å². The standard InChI is InChI=1S/C26H33N5O2/c1-32-23-16-21-22(17-24(23)33-2)28-26(31-12-6-7-13-31)29-25(21)27-20-10-14-30(15-11-20)18-19-8-4-3-5-9-19/h3-5,8-9,16-17,20H,6-7,10-15,18H2,1-2H3,(H,27,28,29). The number of benzene rings is 2. The molecule has 2 aliphatic heterocycles. The molecule has 0 saturated carbocycles. The number of ether oxygens (including phenoxy) is 2. The van der Waals surface area contributed by atoms with Crippen molar-refractivity contribution in [2.45, 2.75) is 38.3 Å². The number of piperidine rings is 1. The van der Waals surface area contributed by atoms with E-state index in [0.29, 0.717) is 17.5 Å². The Bertz CT molecular complexity index is 1080. The summed E-state index contributed by atoms with van der Waals surface area (Å²) in [4.78, 5) is 14.7. The molecule has 2 aliphatic rings. The topological polar surface area (TPSA) is 62.8 Å². The lowest BCUT2D eigenvalue weighted by Crippen LogP contribution is -2.38. The fourth-order valence-electron chi connectivity index (χ4n) is 4.88. The number of methoxy groups -OCH3 is 2. The predicted octanol–water partition coefficient (Wildman–Crippen LogP) is 4.32. The second-order valence-electron chi connectivity index (χ2n) is 8.97. The van der Waals surface area contributed by atoms with Crippen LogP contribution < -0.4 is 19.7 Å². The van der Waals surface area contributed by atoms with E-state index in [1.807, 2.05) is 12.1 Å². The van der Waals surface area contributed by atoms with E-state index in [9.17, 15) is 0 Å². The minimum atomic E-state index is 0.384. The summed E-state index contributed by atoms with van der Waals surface area (Å²) in [5, 5.41) is 4.73. The van der Waals surface area contributed by atoms with Crippen LogP contribution in [0.15, 0.2) is 42.5 Å². The van der Waals surface area contributed by atoms with Crippen LogP contribution in [0.1, 0.15) is 31.2 Å². The third-order valence-electron chi connectivity index (χ3n) is 6.76. The maximum Gasteiger partial charge on any atom is 0.227 e. The van der Waals surface area contributed by atoms with Crippen molar-refractivity contribution in [2.24, 2.45) is 0 Å². The molecule has 1 N–H and O–H groups in total. The SMILES string of the molecule is COc1cc2nc(N3CCCC3)nc(NC3CCN(Cc4ccccc4)CC3)c2cc1OC. The van der Waals surface area contributed by atoms with Crippen LogP contribution >= 0.6 is 0 Å². The summed E-state index contributed by atoms with van der Waals surface area (Å²) in [6, 6.07) is 15.1. The van der Waals surface area contributed by atoms with E-state index in [1.54, 1.807) is 14.2 Å². The molecule has 0 spiro atoms. The van der Waals surface area contributed by atoms with Crippen molar-refractivity contribution < 1.29 is 9.47 Å². The molecule has 174 valence electrons. The van der Waals surface area contributed by atoms with Crippen molar-refractivity contribution in [1.82, 2.24) is 14.9 Å². The molecule has 2 aromatic carbocycles. The van der Waals surface area contributed by atoms with E-state index in [4.69, 9.17) is 19.4 Å². The lowest BCUT2D eigenvalue weighted by Gasteiger charge is -2.33. The van der Waals surface area contributed by atoms with Gasteiger partial charge in [0.2, 0.25) is 5.95 Å². The summed E-state index contributed by atoms with van der Waals surface area (Å²) in [5.41, 5.74) is 2.26. The molecule has 0 bridgehead atoms. The molecule has 7 heteroatoms. The zero-order chi connectivity index (χ0) is 22.6. The van der Waals surface area contributed by atoms with Gasteiger partial charge in [0.25, 0.3) is 0 Å². The van der Waals surface area contributed by atoms with Gasteiger partial charge in [0.15, 0.2) is 11.5 Å². The van der Waals surface area contributed by atoms with Crippen molar-refractivity contribution in [1.29, 1.82) is 0 Å². The lowest BCUT2D eigenvalue weighted by atomic mass is 10.0. The molecule has 0 radical (unpaired) electrons. The smallest absolute Gasteiger partial charge is 0.227 e. The minimum absolute atomic E-state index is 0.384. The van der Waals surface area contributed by atoms with Crippen molar-refractivity contribution in [3.63, 3.8) is 0 Å². The van der Waals surface area contributed by atoms with E-state index >= 15 is 0 Å². The number of likely N-dealkylation sites (tertiary alicyclic amines) is 1. The number of anilines is 2. The van der Waals surface area contributed by atoms with Crippen LogP contribution in [0.3, 0.4) is 0 Å². The summed E-state index contributed by atoms with van der Waals surface area (Å²) in [6.07, 6.45) is 4.56. The van der Waals surface area contributed by atoms with Gasteiger partial charge in [0.05, 0.1) is 19.7 Å². The van der Waals surface area contributed by atoms with Gasteiger partial charge in [-0.05, 0) is 37.3 Å². The van der Waals surface area contributed by atoms with Gasteiger partial charge < -0.3 is 19.7 Å². The Morgan fingerprint density at radius 3 is 2.30 bits per heavy atom. The molecule has 7 nitrogen and oxygen atoms in total. The molecule has 3 heterocycles. The fraction of sp³-hybridized carbons (Fsp3) is 0.462. The van der Waals surface area contributed by atoms with E-state index in [2.05, 4.69) is 45.4 Å². The molecule has 0 atom stereocenters. The number of hydrogen-bond donors (Lipinski definition) is 1. The first-order valence-electron chi connectivity index (χ1n) is 11.9. The predicted molar refractivity (Wildman–Crippen MR) is 132 cm³/mol. The van der Waals surface area contributed by atoms with Crippen LogP contribution in [-0.2, 0) is 6.54 Å². The maximum absolute atomic E-state index is 5.56. The average Bonchev–Trinajstić information content (AvgIpc) is 3.40. The Balaban J connectivity index is 1.37. The molecule has 33 heavy (non-hydrogen) atoms. The van der Waals surface area contributed by atoms with Crippen molar-refractivity contribution >= 4 is 22.7 Å². The summed E-state index contributed by atoms with van der Waals surface area (Å²) < 4.78 is 11.1. The number of nitrogens with zero attached hydrogens (tertiary/aromatic N) is 4. The van der Waals surface area contributed by atoms with Gasteiger partial charge in [-0.25, -0.2) is 4.98 Å². The summed E-state index contributed by atoms with van der Waals surface area (Å²) in [5.74, 6) is 3.08. The highest BCUT2D eigenvalue weighted by molar-refractivity contribution is 5.93. The summed E-state index contributed by atoms with van der Waals surface area (Å²) in [7, 11) is 3.33. The Labute approximate surface area is 195 Å². The van der Waals surface area contributed by atoms with Gasteiger partial charge in [-0.2, -0.15) is 4.98 Å². The van der Waals surface area contributed by atoms with Crippen molar-refractivity contribution in [2.75, 3.05) is 50.6 Å². The molecular weight excluding hydrogens is 414 g/mol. The molecule has 0 unspecified atom stereocenters. The van der Waals surface area contributed by atoms with Crippen molar-refractivity contribution in [3.05, 3.63) is 48.0 Å². The molecule has 0 aliphatic carbocycles. The normalized spacial score (nSPS) is 17.5. The third kappa shape index (κ3) is 4.83. The average molecular weight is 448 g/mol. The second kappa shape index (κ2) is 9.83. The first kappa shape index (κ1) is 21.8. The Morgan fingerprint density at radius 2 is 1.61 bits per heavy atom. The van der Waals surface area contributed by atoms with E-state index in [1.165, 1.54) is 18.4 Å². The molecule has 1 aromatic heterocycles. The number of fused-ring (bicyclic) bond motifs is 1. The van der Waals surface area contributed by atoms with Gasteiger partial charge in [0.1, 0.15) is 5.82 Å². The number of hydrogen-bond acceptors (Lipinski definition) is 7. The van der Waals surface area contributed by atoms with E-state index in [0.717, 1.165) is 68.2 Å². The van der Waals surface area contributed by atoms with Gasteiger partial charge in [-0.3, -0.25) is 4.90 Å². The fourth-order valence-corrected chi connectivity index (χ4v) is 4.88. The zero-order valence-corrected chi connectivity index (χ0v) is 19.6. The highest BCUT2D eigenvalue weighted by atomic mass is 16.5. The summed E-state index contributed by atoms with van der Waals surface area (Å²) in [6.45, 7) is 5.18. The largest absolute Gasteiger partial charge is 0.493 e. The van der Waals surface area contributed by atoms with Crippen LogP contribution in [0.2, 0.25) is 0 Å². The lowest BCUT2D eigenvalue weighted by molar-refractivity contribution is 0.211. The molecule has 2 fully saturated rings. The zero-order valence-electron chi connectivity index (χ0n) is 19.6. The monoisotopic (exact) mass is 447 g/mol. The highest BCUT2D eigenvalue weighted by Crippen LogP contribution is 2.36. The van der Waals surface area contributed by atoms with Crippen LogP contribution in [0.5, 0.6) is 11.5 Å². The van der Waals surface area contributed by atoms with Crippen molar-refractivity contribution in [3.8, 4) is 11.5 Å². The van der Waals surface area contributed by atoms with E-state index < -0.39 is 0 Å². The van der Waals surface area contributed by atoms with Gasteiger partial charge >= 0.3 is 0 Å².